The zero-order valence-corrected chi connectivity index (χ0v) is 12.5. The third kappa shape index (κ3) is 4.03. The van der Waals surface area contributed by atoms with E-state index in [1.165, 1.54) is 24.1 Å². The lowest BCUT2D eigenvalue weighted by molar-refractivity contribution is 0.192. The van der Waals surface area contributed by atoms with Gasteiger partial charge in [0.2, 0.25) is 0 Å². The van der Waals surface area contributed by atoms with Crippen LogP contribution in [0.2, 0.25) is 0 Å². The molecular weight excluding hydrogens is 234 g/mol. The van der Waals surface area contributed by atoms with E-state index >= 15 is 0 Å². The maximum atomic E-state index is 6.39. The molecule has 3 nitrogen and oxygen atoms in total. The molecule has 106 valence electrons. The average Bonchev–Trinajstić information content (AvgIpc) is 2.51. The Labute approximate surface area is 117 Å². The van der Waals surface area contributed by atoms with E-state index in [9.17, 15) is 0 Å². The third-order valence-corrected chi connectivity index (χ3v) is 4.09. The van der Waals surface area contributed by atoms with Crippen LogP contribution < -0.4 is 5.73 Å². The molecule has 1 heterocycles. The number of hydrogen-bond donors (Lipinski definition) is 1. The summed E-state index contributed by atoms with van der Waals surface area (Å²) in [7, 11) is 2.21. The third-order valence-electron chi connectivity index (χ3n) is 4.09. The summed E-state index contributed by atoms with van der Waals surface area (Å²) in [5, 5.41) is 0. The molecule has 1 aliphatic heterocycles. The average molecular weight is 261 g/mol. The summed E-state index contributed by atoms with van der Waals surface area (Å²) < 4.78 is 0. The first kappa shape index (κ1) is 14.5. The maximum absolute atomic E-state index is 6.39. The molecule has 0 saturated carbocycles. The van der Waals surface area contributed by atoms with Crippen LogP contribution in [0.15, 0.2) is 24.3 Å². The van der Waals surface area contributed by atoms with Crippen LogP contribution in [0.4, 0.5) is 0 Å². The minimum atomic E-state index is 0.116. The fourth-order valence-corrected chi connectivity index (χ4v) is 2.95. The molecule has 1 aliphatic rings. The standard InChI is InChI=1S/C16H27N3/c1-13-6-4-7-15(10-13)16(17)12-19-9-5-8-18(3)11-14(19)2/h4,6-7,10,14,16H,5,8-9,11-12,17H2,1-3H3. The molecule has 2 atom stereocenters. The number of likely N-dealkylation sites (N-methyl/N-ethyl adjacent to an activating group) is 1. The van der Waals surface area contributed by atoms with Crippen LogP contribution >= 0.6 is 0 Å². The van der Waals surface area contributed by atoms with Crippen molar-refractivity contribution in [1.82, 2.24) is 9.80 Å². The number of nitrogens with zero attached hydrogens (tertiary/aromatic N) is 2. The lowest BCUT2D eigenvalue weighted by Gasteiger charge is -2.30. The van der Waals surface area contributed by atoms with Crippen molar-refractivity contribution in [3.8, 4) is 0 Å². The molecule has 19 heavy (non-hydrogen) atoms. The van der Waals surface area contributed by atoms with Crippen molar-refractivity contribution in [3.05, 3.63) is 35.4 Å². The van der Waals surface area contributed by atoms with Gasteiger partial charge in [-0.15, -0.1) is 0 Å². The monoisotopic (exact) mass is 261 g/mol. The number of benzene rings is 1. The minimum Gasteiger partial charge on any atom is -0.323 e. The molecule has 1 saturated heterocycles. The van der Waals surface area contributed by atoms with Crippen molar-refractivity contribution < 1.29 is 0 Å². The zero-order chi connectivity index (χ0) is 13.8. The Kier molecular flexibility index (Phi) is 4.97. The number of aryl methyl sites for hydroxylation is 1. The van der Waals surface area contributed by atoms with E-state index < -0.39 is 0 Å². The molecule has 2 rings (SSSR count). The van der Waals surface area contributed by atoms with E-state index in [2.05, 4.69) is 55.0 Å². The van der Waals surface area contributed by atoms with Crippen molar-refractivity contribution in [2.75, 3.05) is 33.2 Å². The molecule has 2 unspecified atom stereocenters. The fraction of sp³-hybridized carbons (Fsp3) is 0.625. The Balaban J connectivity index is 1.99. The van der Waals surface area contributed by atoms with E-state index in [0.717, 1.165) is 19.6 Å². The highest BCUT2D eigenvalue weighted by atomic mass is 15.2. The number of hydrogen-bond acceptors (Lipinski definition) is 3. The van der Waals surface area contributed by atoms with E-state index in [1.54, 1.807) is 0 Å². The first-order valence-corrected chi connectivity index (χ1v) is 7.31. The van der Waals surface area contributed by atoms with Crippen LogP contribution in [0.3, 0.4) is 0 Å². The van der Waals surface area contributed by atoms with Crippen molar-refractivity contribution in [1.29, 1.82) is 0 Å². The van der Waals surface area contributed by atoms with Gasteiger partial charge < -0.3 is 10.6 Å². The molecule has 0 radical (unpaired) electrons. The van der Waals surface area contributed by atoms with Crippen LogP contribution in [0.5, 0.6) is 0 Å². The molecule has 1 aromatic rings. The van der Waals surface area contributed by atoms with Crippen LogP contribution in [0, 0.1) is 6.92 Å². The van der Waals surface area contributed by atoms with Crippen LogP contribution in [0.1, 0.15) is 30.5 Å². The largest absolute Gasteiger partial charge is 0.323 e. The highest BCUT2D eigenvalue weighted by molar-refractivity contribution is 5.25. The van der Waals surface area contributed by atoms with Crippen molar-refractivity contribution in [3.63, 3.8) is 0 Å². The van der Waals surface area contributed by atoms with Gasteiger partial charge in [-0.1, -0.05) is 29.8 Å². The zero-order valence-electron chi connectivity index (χ0n) is 12.5. The summed E-state index contributed by atoms with van der Waals surface area (Å²) in [6.07, 6.45) is 1.24. The Morgan fingerprint density at radius 2 is 2.16 bits per heavy atom. The summed E-state index contributed by atoms with van der Waals surface area (Å²) in [6.45, 7) is 8.88. The predicted molar refractivity (Wildman–Crippen MR) is 81.3 cm³/mol. The Morgan fingerprint density at radius 3 is 2.89 bits per heavy atom. The van der Waals surface area contributed by atoms with Crippen LogP contribution in [-0.4, -0.2) is 49.1 Å². The highest BCUT2D eigenvalue weighted by Crippen LogP contribution is 2.16. The van der Waals surface area contributed by atoms with Crippen LogP contribution in [0.25, 0.3) is 0 Å². The normalized spacial score (nSPS) is 24.1. The Morgan fingerprint density at radius 1 is 1.37 bits per heavy atom. The van der Waals surface area contributed by atoms with Gasteiger partial charge in [0.05, 0.1) is 0 Å². The van der Waals surface area contributed by atoms with E-state index in [0.29, 0.717) is 6.04 Å². The first-order chi connectivity index (χ1) is 9.06. The van der Waals surface area contributed by atoms with Gasteiger partial charge in [0.25, 0.3) is 0 Å². The Hall–Kier alpha value is -0.900. The molecule has 0 bridgehead atoms. The van der Waals surface area contributed by atoms with Gasteiger partial charge in [-0.2, -0.15) is 0 Å². The van der Waals surface area contributed by atoms with Crippen molar-refractivity contribution in [2.24, 2.45) is 5.73 Å². The van der Waals surface area contributed by atoms with Crippen molar-refractivity contribution >= 4 is 0 Å². The van der Waals surface area contributed by atoms with Gasteiger partial charge in [0.1, 0.15) is 0 Å². The highest BCUT2D eigenvalue weighted by Gasteiger charge is 2.21. The molecule has 1 aromatic carbocycles. The van der Waals surface area contributed by atoms with Crippen molar-refractivity contribution in [2.45, 2.75) is 32.4 Å². The minimum absolute atomic E-state index is 0.116. The summed E-state index contributed by atoms with van der Waals surface area (Å²) in [5.41, 5.74) is 8.93. The fourth-order valence-electron chi connectivity index (χ4n) is 2.95. The van der Waals surface area contributed by atoms with E-state index in [1.807, 2.05) is 0 Å². The van der Waals surface area contributed by atoms with E-state index in [-0.39, 0.29) is 6.04 Å². The van der Waals surface area contributed by atoms with E-state index in [4.69, 9.17) is 5.73 Å². The summed E-state index contributed by atoms with van der Waals surface area (Å²) >= 11 is 0. The lowest BCUT2D eigenvalue weighted by atomic mass is 10.0. The van der Waals surface area contributed by atoms with Gasteiger partial charge in [-0.05, 0) is 46.0 Å². The molecule has 0 aliphatic carbocycles. The summed E-state index contributed by atoms with van der Waals surface area (Å²) in [4.78, 5) is 4.96. The second-order valence-corrected chi connectivity index (χ2v) is 5.98. The lowest BCUT2D eigenvalue weighted by Crippen LogP contribution is -2.41. The smallest absolute Gasteiger partial charge is 0.0424 e. The van der Waals surface area contributed by atoms with Gasteiger partial charge in [-0.3, -0.25) is 4.90 Å². The molecule has 0 amide bonds. The van der Waals surface area contributed by atoms with Crippen LogP contribution in [-0.2, 0) is 0 Å². The van der Waals surface area contributed by atoms with Gasteiger partial charge in [-0.25, -0.2) is 0 Å². The summed E-state index contributed by atoms with van der Waals surface area (Å²) in [5.74, 6) is 0. The molecule has 2 N–H and O–H groups in total. The van der Waals surface area contributed by atoms with Gasteiger partial charge >= 0.3 is 0 Å². The second kappa shape index (κ2) is 6.51. The Bertz CT molecular complexity index is 405. The summed E-state index contributed by atoms with van der Waals surface area (Å²) in [6, 6.07) is 9.28. The first-order valence-electron chi connectivity index (χ1n) is 7.31. The number of rotatable bonds is 3. The van der Waals surface area contributed by atoms with Gasteiger partial charge in [0.15, 0.2) is 0 Å². The molecule has 1 fully saturated rings. The molecule has 0 spiro atoms. The molecule has 0 aromatic heterocycles. The topological polar surface area (TPSA) is 32.5 Å². The quantitative estimate of drug-likeness (QED) is 0.903. The van der Waals surface area contributed by atoms with Gasteiger partial charge in [0, 0.05) is 25.2 Å². The molecular formula is C16H27N3. The predicted octanol–water partition coefficient (Wildman–Crippen LogP) is 2.02. The number of nitrogens with two attached hydrogens (primary N) is 1. The maximum Gasteiger partial charge on any atom is 0.0424 e. The molecule has 3 heteroatoms. The second-order valence-electron chi connectivity index (χ2n) is 5.98. The SMILES string of the molecule is Cc1cccc(C(N)CN2CCCN(C)CC2C)c1.